The van der Waals surface area contributed by atoms with E-state index in [2.05, 4.69) is 4.98 Å². The molecule has 5 nitrogen and oxygen atoms in total. The van der Waals surface area contributed by atoms with Crippen molar-refractivity contribution in [2.75, 3.05) is 11.6 Å². The maximum absolute atomic E-state index is 13.0. The summed E-state index contributed by atoms with van der Waals surface area (Å²) >= 11 is 0. The summed E-state index contributed by atoms with van der Waals surface area (Å²) in [5.74, 6) is 6.10. The topological polar surface area (TPSA) is 71.6 Å². The second-order valence-corrected chi connectivity index (χ2v) is 8.40. The summed E-state index contributed by atoms with van der Waals surface area (Å²) in [7, 11) is 0. The maximum Gasteiger partial charge on any atom is 0.391 e. The molecule has 0 atom stereocenters. The van der Waals surface area contributed by atoms with Gasteiger partial charge in [0.2, 0.25) is 5.88 Å². The molecular weight excluding hydrogens is 395 g/mol. The van der Waals surface area contributed by atoms with Crippen LogP contribution in [0.25, 0.3) is 0 Å². The second-order valence-electron chi connectivity index (χ2n) is 8.40. The van der Waals surface area contributed by atoms with Crippen molar-refractivity contribution in [2.45, 2.75) is 50.3 Å². The number of anilines is 1. The number of ether oxygens (including phenoxy) is 1. The highest BCUT2D eigenvalue weighted by Crippen LogP contribution is 2.47. The lowest BCUT2D eigenvalue weighted by atomic mass is 9.75. The van der Waals surface area contributed by atoms with E-state index in [9.17, 15) is 18.3 Å². The molecule has 0 amide bonds. The molecule has 0 spiro atoms. The van der Waals surface area contributed by atoms with Crippen molar-refractivity contribution in [3.8, 4) is 11.6 Å². The van der Waals surface area contributed by atoms with Gasteiger partial charge in [-0.1, -0.05) is 0 Å². The molecule has 4 rings (SSSR count). The lowest BCUT2D eigenvalue weighted by Crippen LogP contribution is -2.36. The summed E-state index contributed by atoms with van der Waals surface area (Å²) in [6.07, 6.45) is -0.466. The molecule has 2 fully saturated rings. The SMILES string of the molecule is NN(CC1CC1)c1ccc(Oc2ncccc2C2(O)CCC(C(F)(F)F)CC2)cc1. The fourth-order valence-electron chi connectivity index (χ4n) is 4.02. The third kappa shape index (κ3) is 4.70. The zero-order chi connectivity index (χ0) is 21.4. The number of nitrogens with two attached hydrogens (primary N) is 1. The first-order chi connectivity index (χ1) is 14.2. The molecule has 3 N–H and O–H groups in total. The van der Waals surface area contributed by atoms with Gasteiger partial charge in [-0.2, -0.15) is 13.2 Å². The van der Waals surface area contributed by atoms with Gasteiger partial charge in [0, 0.05) is 18.3 Å². The summed E-state index contributed by atoms with van der Waals surface area (Å²) in [6.45, 7) is 0.816. The second kappa shape index (κ2) is 8.07. The normalized spacial score (nSPS) is 24.5. The first-order valence-corrected chi connectivity index (χ1v) is 10.3. The van der Waals surface area contributed by atoms with Crippen LogP contribution in [-0.2, 0) is 5.60 Å². The molecule has 2 aliphatic carbocycles. The lowest BCUT2D eigenvalue weighted by molar-refractivity contribution is -0.193. The number of pyridine rings is 1. The number of hydrogen-bond acceptors (Lipinski definition) is 5. The Morgan fingerprint density at radius 2 is 1.77 bits per heavy atom. The van der Waals surface area contributed by atoms with E-state index < -0.39 is 17.7 Å². The fourth-order valence-corrected chi connectivity index (χ4v) is 4.02. The van der Waals surface area contributed by atoms with Gasteiger partial charge >= 0.3 is 6.18 Å². The van der Waals surface area contributed by atoms with Crippen molar-refractivity contribution in [2.24, 2.45) is 17.7 Å². The highest BCUT2D eigenvalue weighted by atomic mass is 19.4. The predicted molar refractivity (Wildman–Crippen MR) is 107 cm³/mol. The van der Waals surface area contributed by atoms with Gasteiger partial charge < -0.3 is 14.9 Å². The molecule has 0 saturated heterocycles. The number of benzene rings is 1. The quantitative estimate of drug-likeness (QED) is 0.513. The van der Waals surface area contributed by atoms with Crippen LogP contribution in [0.1, 0.15) is 44.1 Å². The molecule has 2 saturated carbocycles. The molecule has 8 heteroatoms. The van der Waals surface area contributed by atoms with Gasteiger partial charge in [-0.25, -0.2) is 10.8 Å². The number of nitrogens with zero attached hydrogens (tertiary/aromatic N) is 2. The molecule has 2 aliphatic rings. The molecule has 0 radical (unpaired) electrons. The lowest BCUT2D eigenvalue weighted by Gasteiger charge is -2.37. The third-order valence-corrected chi connectivity index (χ3v) is 6.08. The van der Waals surface area contributed by atoms with E-state index >= 15 is 0 Å². The van der Waals surface area contributed by atoms with Gasteiger partial charge in [-0.05, 0) is 80.8 Å². The van der Waals surface area contributed by atoms with Crippen LogP contribution in [0, 0.1) is 11.8 Å². The van der Waals surface area contributed by atoms with E-state index in [4.69, 9.17) is 10.6 Å². The van der Waals surface area contributed by atoms with Crippen molar-refractivity contribution in [1.29, 1.82) is 0 Å². The van der Waals surface area contributed by atoms with Gasteiger partial charge in [-0.15, -0.1) is 0 Å². The Bertz CT molecular complexity index is 861. The number of hydrazine groups is 1. The fraction of sp³-hybridized carbons (Fsp3) is 0.500. The van der Waals surface area contributed by atoms with Gasteiger partial charge in [0.15, 0.2) is 0 Å². The average Bonchev–Trinajstić information content (AvgIpc) is 3.52. The smallest absolute Gasteiger partial charge is 0.391 e. The average molecular weight is 421 g/mol. The summed E-state index contributed by atoms with van der Waals surface area (Å²) in [4.78, 5) is 4.23. The minimum Gasteiger partial charge on any atom is -0.439 e. The zero-order valence-electron chi connectivity index (χ0n) is 16.6. The first-order valence-electron chi connectivity index (χ1n) is 10.3. The van der Waals surface area contributed by atoms with Crippen molar-refractivity contribution >= 4 is 5.69 Å². The summed E-state index contributed by atoms with van der Waals surface area (Å²) < 4.78 is 44.9. The van der Waals surface area contributed by atoms with E-state index in [1.165, 1.54) is 19.0 Å². The van der Waals surface area contributed by atoms with E-state index in [1.54, 1.807) is 29.3 Å². The van der Waals surface area contributed by atoms with Crippen molar-refractivity contribution in [3.05, 3.63) is 48.2 Å². The molecule has 0 aliphatic heterocycles. The molecule has 1 aromatic carbocycles. The molecule has 0 bridgehead atoms. The minimum absolute atomic E-state index is 0.0153. The Morgan fingerprint density at radius 3 is 2.37 bits per heavy atom. The Kier molecular flexibility index (Phi) is 5.63. The summed E-state index contributed by atoms with van der Waals surface area (Å²) in [5.41, 5.74) is -0.0904. The number of rotatable bonds is 6. The maximum atomic E-state index is 13.0. The number of alkyl halides is 3. The number of aromatic nitrogens is 1. The van der Waals surface area contributed by atoms with Crippen LogP contribution >= 0.6 is 0 Å². The first kappa shape index (κ1) is 20.9. The summed E-state index contributed by atoms with van der Waals surface area (Å²) in [5, 5.41) is 12.8. The van der Waals surface area contributed by atoms with Crippen LogP contribution < -0.4 is 15.6 Å². The van der Waals surface area contributed by atoms with Crippen molar-refractivity contribution < 1.29 is 23.0 Å². The molecule has 30 heavy (non-hydrogen) atoms. The van der Waals surface area contributed by atoms with Crippen LogP contribution in [0.2, 0.25) is 0 Å². The Balaban J connectivity index is 1.47. The zero-order valence-corrected chi connectivity index (χ0v) is 16.6. The Morgan fingerprint density at radius 1 is 1.10 bits per heavy atom. The molecule has 2 aromatic rings. The molecular formula is C22H26F3N3O2. The van der Waals surface area contributed by atoms with E-state index in [0.717, 1.165) is 12.2 Å². The van der Waals surface area contributed by atoms with E-state index in [1.807, 2.05) is 12.1 Å². The largest absolute Gasteiger partial charge is 0.439 e. The highest BCUT2D eigenvalue weighted by molar-refractivity contribution is 5.49. The van der Waals surface area contributed by atoms with E-state index in [-0.39, 0.29) is 31.6 Å². The molecule has 1 aromatic heterocycles. The van der Waals surface area contributed by atoms with Gasteiger partial charge in [0.05, 0.1) is 17.2 Å². The third-order valence-electron chi connectivity index (χ3n) is 6.08. The van der Waals surface area contributed by atoms with Gasteiger partial charge in [0.25, 0.3) is 0 Å². The van der Waals surface area contributed by atoms with Crippen LogP contribution in [0.5, 0.6) is 11.6 Å². The highest BCUT2D eigenvalue weighted by Gasteiger charge is 2.46. The molecule has 0 unspecified atom stereocenters. The van der Waals surface area contributed by atoms with Crippen molar-refractivity contribution in [3.63, 3.8) is 0 Å². The van der Waals surface area contributed by atoms with Crippen LogP contribution in [0.3, 0.4) is 0 Å². The summed E-state index contributed by atoms with van der Waals surface area (Å²) in [6, 6.07) is 10.6. The minimum atomic E-state index is -4.23. The number of aliphatic hydroxyl groups is 1. The Labute approximate surface area is 173 Å². The van der Waals surface area contributed by atoms with Crippen molar-refractivity contribution in [1.82, 2.24) is 4.98 Å². The monoisotopic (exact) mass is 421 g/mol. The van der Waals surface area contributed by atoms with E-state index in [0.29, 0.717) is 17.2 Å². The molecule has 1 heterocycles. The van der Waals surface area contributed by atoms with Crippen LogP contribution in [0.4, 0.5) is 18.9 Å². The molecule has 162 valence electrons. The predicted octanol–water partition coefficient (Wildman–Crippen LogP) is 4.90. The number of halogens is 3. The van der Waals surface area contributed by atoms with Crippen LogP contribution in [0.15, 0.2) is 42.6 Å². The standard InChI is InChI=1S/C22H26F3N3O2/c23-22(24,25)16-9-11-21(29,12-10-16)19-2-1-13-27-20(19)30-18-7-5-17(6-8-18)28(26)14-15-3-4-15/h1-2,5-8,13,15-16,29H,3-4,9-12,14,26H2. The van der Waals surface area contributed by atoms with Crippen LogP contribution in [-0.4, -0.2) is 22.8 Å². The Hall–Kier alpha value is -2.32. The van der Waals surface area contributed by atoms with Gasteiger partial charge in [0.1, 0.15) is 5.75 Å². The van der Waals surface area contributed by atoms with Gasteiger partial charge in [-0.3, -0.25) is 0 Å². The number of hydrogen-bond donors (Lipinski definition) is 2.